The van der Waals surface area contributed by atoms with Gasteiger partial charge in [0.2, 0.25) is 0 Å². The van der Waals surface area contributed by atoms with E-state index in [4.69, 9.17) is 5.26 Å². The lowest BCUT2D eigenvalue weighted by atomic mass is 9.92. The first-order chi connectivity index (χ1) is 8.15. The third-order valence-corrected chi connectivity index (χ3v) is 3.54. The van der Waals surface area contributed by atoms with E-state index in [9.17, 15) is 0 Å². The van der Waals surface area contributed by atoms with Crippen LogP contribution < -0.4 is 5.32 Å². The molecule has 98 valence electrons. The maximum Gasteiger partial charge on any atom is 0.108 e. The topological polar surface area (TPSA) is 39.1 Å². The van der Waals surface area contributed by atoms with Gasteiger partial charge in [0, 0.05) is 12.6 Å². The van der Waals surface area contributed by atoms with E-state index in [0.717, 1.165) is 12.5 Å². The summed E-state index contributed by atoms with van der Waals surface area (Å²) in [5.41, 5.74) is 0. The Bertz CT molecular complexity index is 236. The minimum absolute atomic E-state index is 0.0160. The van der Waals surface area contributed by atoms with Crippen LogP contribution in [0.3, 0.4) is 0 Å². The quantitative estimate of drug-likeness (QED) is 0.771. The van der Waals surface area contributed by atoms with Crippen LogP contribution in [-0.2, 0) is 0 Å². The molecule has 3 heteroatoms. The molecule has 1 N–H and O–H groups in total. The number of piperidine rings is 1. The molecule has 1 unspecified atom stereocenters. The second-order valence-corrected chi connectivity index (χ2v) is 5.54. The average molecular weight is 237 g/mol. The molecule has 1 rings (SSSR count). The molecular formula is C14H27N3. The van der Waals surface area contributed by atoms with Crippen molar-refractivity contribution in [1.82, 2.24) is 10.2 Å². The summed E-state index contributed by atoms with van der Waals surface area (Å²) >= 11 is 0. The van der Waals surface area contributed by atoms with Crippen molar-refractivity contribution >= 4 is 0 Å². The standard InChI is InChI=1S/C14H27N3/c1-4-5-13-6-8-17(9-7-13)11-14(10-15)16-12(2)3/h12-14,16H,4-9,11H2,1-3H3. The summed E-state index contributed by atoms with van der Waals surface area (Å²) in [6, 6.07) is 2.73. The molecule has 0 aromatic rings. The summed E-state index contributed by atoms with van der Waals surface area (Å²) in [6.07, 6.45) is 5.31. The highest BCUT2D eigenvalue weighted by atomic mass is 15.2. The minimum atomic E-state index is -0.0160. The Morgan fingerprint density at radius 3 is 2.47 bits per heavy atom. The Morgan fingerprint density at radius 1 is 1.35 bits per heavy atom. The summed E-state index contributed by atoms with van der Waals surface area (Å²) in [5.74, 6) is 0.926. The molecule has 1 aliphatic rings. The van der Waals surface area contributed by atoms with Crippen LogP contribution in [0.2, 0.25) is 0 Å². The lowest BCUT2D eigenvalue weighted by Crippen LogP contribution is -2.45. The number of rotatable bonds is 6. The first-order valence-corrected chi connectivity index (χ1v) is 7.03. The molecule has 0 bridgehead atoms. The van der Waals surface area contributed by atoms with Crippen LogP contribution in [0.1, 0.15) is 46.5 Å². The van der Waals surface area contributed by atoms with Gasteiger partial charge in [-0.05, 0) is 45.7 Å². The number of nitrogens with zero attached hydrogens (tertiary/aromatic N) is 2. The molecule has 0 aromatic carbocycles. The molecule has 1 aliphatic heterocycles. The predicted octanol–water partition coefficient (Wildman–Crippen LogP) is 2.39. The van der Waals surface area contributed by atoms with Gasteiger partial charge in [-0.3, -0.25) is 5.32 Å². The molecular weight excluding hydrogens is 210 g/mol. The van der Waals surface area contributed by atoms with Gasteiger partial charge in [-0.15, -0.1) is 0 Å². The normalized spacial score (nSPS) is 20.4. The summed E-state index contributed by atoms with van der Waals surface area (Å²) in [6.45, 7) is 9.68. The van der Waals surface area contributed by atoms with Gasteiger partial charge in [-0.1, -0.05) is 19.8 Å². The van der Waals surface area contributed by atoms with Gasteiger partial charge in [0.15, 0.2) is 0 Å². The summed E-state index contributed by atoms with van der Waals surface area (Å²) in [4.78, 5) is 2.44. The van der Waals surface area contributed by atoms with Gasteiger partial charge in [0.1, 0.15) is 6.04 Å². The van der Waals surface area contributed by atoms with E-state index in [0.29, 0.717) is 6.04 Å². The summed E-state index contributed by atoms with van der Waals surface area (Å²) in [7, 11) is 0. The number of hydrogen-bond acceptors (Lipinski definition) is 3. The van der Waals surface area contributed by atoms with E-state index < -0.39 is 0 Å². The van der Waals surface area contributed by atoms with Crippen molar-refractivity contribution < 1.29 is 0 Å². The Balaban J connectivity index is 2.27. The molecule has 1 fully saturated rings. The van der Waals surface area contributed by atoms with E-state index in [2.05, 4.69) is 37.1 Å². The monoisotopic (exact) mass is 237 g/mol. The fraction of sp³-hybridized carbons (Fsp3) is 0.929. The van der Waals surface area contributed by atoms with Crippen molar-refractivity contribution in [2.24, 2.45) is 5.92 Å². The Kier molecular flexibility index (Phi) is 6.54. The van der Waals surface area contributed by atoms with Gasteiger partial charge < -0.3 is 4.90 Å². The molecule has 1 saturated heterocycles. The molecule has 17 heavy (non-hydrogen) atoms. The largest absolute Gasteiger partial charge is 0.301 e. The van der Waals surface area contributed by atoms with Gasteiger partial charge in [-0.2, -0.15) is 5.26 Å². The smallest absolute Gasteiger partial charge is 0.108 e. The van der Waals surface area contributed by atoms with E-state index in [-0.39, 0.29) is 6.04 Å². The van der Waals surface area contributed by atoms with Crippen molar-refractivity contribution in [1.29, 1.82) is 5.26 Å². The second-order valence-electron chi connectivity index (χ2n) is 5.54. The van der Waals surface area contributed by atoms with Crippen LogP contribution in [-0.4, -0.2) is 36.6 Å². The Labute approximate surface area is 106 Å². The van der Waals surface area contributed by atoms with Crippen LogP contribution in [0.5, 0.6) is 0 Å². The molecule has 0 radical (unpaired) electrons. The highest BCUT2D eigenvalue weighted by molar-refractivity contribution is 4.93. The van der Waals surface area contributed by atoms with Crippen LogP contribution in [0.4, 0.5) is 0 Å². The van der Waals surface area contributed by atoms with Crippen molar-refractivity contribution in [3.05, 3.63) is 0 Å². The van der Waals surface area contributed by atoms with E-state index in [1.165, 1.54) is 38.8 Å². The number of nitrogens with one attached hydrogen (secondary N) is 1. The van der Waals surface area contributed by atoms with E-state index >= 15 is 0 Å². The molecule has 0 aliphatic carbocycles. The molecule has 0 aromatic heterocycles. The van der Waals surface area contributed by atoms with Crippen LogP contribution in [0, 0.1) is 17.2 Å². The third-order valence-electron chi connectivity index (χ3n) is 3.54. The highest BCUT2D eigenvalue weighted by Crippen LogP contribution is 2.21. The highest BCUT2D eigenvalue weighted by Gasteiger charge is 2.21. The van der Waals surface area contributed by atoms with Crippen LogP contribution in [0.15, 0.2) is 0 Å². The van der Waals surface area contributed by atoms with E-state index in [1.54, 1.807) is 0 Å². The van der Waals surface area contributed by atoms with Crippen molar-refractivity contribution in [3.8, 4) is 6.07 Å². The van der Waals surface area contributed by atoms with Crippen LogP contribution >= 0.6 is 0 Å². The minimum Gasteiger partial charge on any atom is -0.301 e. The van der Waals surface area contributed by atoms with Crippen molar-refractivity contribution in [3.63, 3.8) is 0 Å². The lowest BCUT2D eigenvalue weighted by Gasteiger charge is -2.33. The molecule has 1 heterocycles. The molecule has 0 spiro atoms. The van der Waals surface area contributed by atoms with Crippen LogP contribution in [0.25, 0.3) is 0 Å². The molecule has 3 nitrogen and oxygen atoms in total. The Morgan fingerprint density at radius 2 is 2.00 bits per heavy atom. The van der Waals surface area contributed by atoms with Gasteiger partial charge in [0.25, 0.3) is 0 Å². The maximum atomic E-state index is 9.10. The summed E-state index contributed by atoms with van der Waals surface area (Å²) < 4.78 is 0. The lowest BCUT2D eigenvalue weighted by molar-refractivity contribution is 0.169. The fourth-order valence-corrected chi connectivity index (χ4v) is 2.66. The summed E-state index contributed by atoms with van der Waals surface area (Å²) in [5, 5.41) is 12.4. The zero-order chi connectivity index (χ0) is 12.7. The number of nitriles is 1. The van der Waals surface area contributed by atoms with Crippen molar-refractivity contribution in [2.75, 3.05) is 19.6 Å². The maximum absolute atomic E-state index is 9.10. The fourth-order valence-electron chi connectivity index (χ4n) is 2.66. The first-order valence-electron chi connectivity index (χ1n) is 7.03. The molecule has 0 saturated carbocycles. The Hall–Kier alpha value is -0.590. The first kappa shape index (κ1) is 14.5. The number of likely N-dealkylation sites (tertiary alicyclic amines) is 1. The zero-order valence-electron chi connectivity index (χ0n) is 11.6. The second kappa shape index (κ2) is 7.68. The van der Waals surface area contributed by atoms with Gasteiger partial charge in [0.05, 0.1) is 6.07 Å². The predicted molar refractivity (Wildman–Crippen MR) is 71.7 cm³/mol. The third kappa shape index (κ3) is 5.52. The SMILES string of the molecule is CCCC1CCN(CC(C#N)NC(C)C)CC1. The average Bonchev–Trinajstić information content (AvgIpc) is 2.30. The zero-order valence-corrected chi connectivity index (χ0v) is 11.6. The molecule has 0 amide bonds. The number of hydrogen-bond donors (Lipinski definition) is 1. The van der Waals surface area contributed by atoms with E-state index in [1.807, 2.05) is 0 Å². The molecule has 1 atom stereocenters. The van der Waals surface area contributed by atoms with Crippen molar-refractivity contribution in [2.45, 2.75) is 58.5 Å². The van der Waals surface area contributed by atoms with Gasteiger partial charge in [-0.25, -0.2) is 0 Å². The van der Waals surface area contributed by atoms with Gasteiger partial charge >= 0.3 is 0 Å².